The Kier molecular flexibility index (Phi) is 8.84. The zero-order valence-corrected chi connectivity index (χ0v) is 27.6. The number of anilines is 1. The Morgan fingerprint density at radius 3 is 2.45 bits per heavy atom. The Hall–Kier alpha value is -5.37. The molecule has 3 atom stereocenters. The van der Waals surface area contributed by atoms with Crippen molar-refractivity contribution in [3.63, 3.8) is 0 Å². The van der Waals surface area contributed by atoms with Crippen LogP contribution in [0.1, 0.15) is 29.7 Å². The highest BCUT2D eigenvalue weighted by Crippen LogP contribution is 2.34. The van der Waals surface area contributed by atoms with E-state index in [4.69, 9.17) is 0 Å². The molecule has 252 valence electrons. The molecule has 10 nitrogen and oxygen atoms in total. The fraction of sp³-hybridized carbons (Fsp3) is 0.229. The number of aromatic nitrogens is 4. The molecule has 2 amide bonds. The summed E-state index contributed by atoms with van der Waals surface area (Å²) in [5.74, 6) is 0.807. The molecular formula is C35H31F3N6O4S. The van der Waals surface area contributed by atoms with E-state index in [2.05, 4.69) is 26.3 Å². The second-order valence-corrected chi connectivity index (χ2v) is 14.5. The number of nitrogens with zero attached hydrogens (tertiary/aromatic N) is 5. The number of amides is 2. The number of hydrogen-bond acceptors (Lipinski definition) is 7. The summed E-state index contributed by atoms with van der Waals surface area (Å²) in [6, 6.07) is 11.4. The van der Waals surface area contributed by atoms with Gasteiger partial charge in [0, 0.05) is 59.0 Å². The topological polar surface area (TPSA) is 127 Å². The predicted molar refractivity (Wildman–Crippen MR) is 180 cm³/mol. The molecule has 3 heterocycles. The van der Waals surface area contributed by atoms with Gasteiger partial charge in [0.25, 0.3) is 0 Å². The first-order valence-corrected chi connectivity index (χ1v) is 17.3. The minimum atomic E-state index is -2.88. The number of halogens is 3. The second kappa shape index (κ2) is 12.9. The van der Waals surface area contributed by atoms with Gasteiger partial charge in [-0.05, 0) is 64.3 Å². The molecule has 1 aliphatic heterocycles. The lowest BCUT2D eigenvalue weighted by molar-refractivity contribution is -0.137. The largest absolute Gasteiger partial charge is 0.326 e. The van der Waals surface area contributed by atoms with Gasteiger partial charge >= 0.3 is 0 Å². The number of carbonyl (C=O) groups excluding carboxylic acids is 3. The molecule has 5 aromatic rings. The van der Waals surface area contributed by atoms with Crippen molar-refractivity contribution in [2.45, 2.75) is 43.9 Å². The van der Waals surface area contributed by atoms with Crippen LogP contribution in [0.15, 0.2) is 71.9 Å². The average molecular weight is 689 g/mol. The molecule has 1 fully saturated rings. The first-order valence-electron chi connectivity index (χ1n) is 15.2. The third-order valence-electron chi connectivity index (χ3n) is 8.31. The lowest BCUT2D eigenvalue weighted by Gasteiger charge is -2.24. The van der Waals surface area contributed by atoms with Crippen molar-refractivity contribution in [3.8, 4) is 22.3 Å². The van der Waals surface area contributed by atoms with Gasteiger partial charge in [0.1, 0.15) is 36.1 Å². The Labute approximate surface area is 280 Å². The van der Waals surface area contributed by atoms with Gasteiger partial charge in [-0.15, -0.1) is 0 Å². The lowest BCUT2D eigenvalue weighted by Crippen LogP contribution is -2.44. The molecule has 1 aliphatic rings. The van der Waals surface area contributed by atoms with E-state index >= 15 is 4.39 Å². The summed E-state index contributed by atoms with van der Waals surface area (Å²) >= 11 is 0. The number of aryl methyl sites for hydroxylation is 1. The fourth-order valence-corrected chi connectivity index (χ4v) is 6.94. The van der Waals surface area contributed by atoms with Gasteiger partial charge in [0.15, 0.2) is 11.6 Å². The van der Waals surface area contributed by atoms with Crippen molar-refractivity contribution in [3.05, 3.63) is 90.1 Å². The van der Waals surface area contributed by atoms with E-state index in [9.17, 15) is 27.4 Å². The number of rotatable bonds is 8. The van der Waals surface area contributed by atoms with E-state index in [1.165, 1.54) is 42.1 Å². The molecule has 1 saturated heterocycles. The molecular weight excluding hydrogens is 657 g/mol. The van der Waals surface area contributed by atoms with Gasteiger partial charge in [-0.3, -0.25) is 23.3 Å². The smallest absolute Gasteiger partial charge is 0.247 e. The van der Waals surface area contributed by atoms with Crippen molar-refractivity contribution in [2.24, 2.45) is 0 Å². The summed E-state index contributed by atoms with van der Waals surface area (Å²) in [5, 5.41) is 7.32. The molecule has 14 heteroatoms. The van der Waals surface area contributed by atoms with E-state index in [-0.39, 0.29) is 46.2 Å². The second-order valence-electron chi connectivity index (χ2n) is 12.0. The molecule has 1 N–H and O–H groups in total. The van der Waals surface area contributed by atoms with Crippen LogP contribution in [-0.2, 0) is 25.7 Å². The molecule has 0 aliphatic carbocycles. The van der Waals surface area contributed by atoms with Crippen molar-refractivity contribution in [1.29, 1.82) is 0 Å². The van der Waals surface area contributed by atoms with Crippen LogP contribution < -0.4 is 5.32 Å². The minimum absolute atomic E-state index is 0.00768. The van der Waals surface area contributed by atoms with Crippen molar-refractivity contribution < 1.29 is 31.8 Å². The van der Waals surface area contributed by atoms with Crippen LogP contribution in [0.25, 0.3) is 33.2 Å². The Bertz CT molecular complexity index is 2260. The summed E-state index contributed by atoms with van der Waals surface area (Å²) in [5.41, 5.74) is 1.64. The summed E-state index contributed by atoms with van der Waals surface area (Å²) in [7, 11) is -2.88. The van der Waals surface area contributed by atoms with Crippen LogP contribution in [0.2, 0.25) is 0 Å². The van der Waals surface area contributed by atoms with Crippen LogP contribution >= 0.6 is 0 Å². The molecule has 1 unspecified atom stereocenters. The predicted octanol–water partition coefficient (Wildman–Crippen LogP) is 5.23. The number of hydrogen-bond donors (Lipinski definition) is 1. The number of fused-ring (bicyclic) bond motifs is 1. The summed E-state index contributed by atoms with van der Waals surface area (Å²) in [6.45, 7) is 2.34. The van der Waals surface area contributed by atoms with Gasteiger partial charge in [0.2, 0.25) is 11.8 Å². The normalized spacial score (nSPS) is 17.2. The molecule has 0 saturated carbocycles. The van der Waals surface area contributed by atoms with Gasteiger partial charge in [0.05, 0.1) is 17.7 Å². The highest BCUT2D eigenvalue weighted by molar-refractivity contribution is 7.99. The maximum Gasteiger partial charge on any atom is 0.247 e. The summed E-state index contributed by atoms with van der Waals surface area (Å²) in [4.78, 5) is 49.2. The highest BCUT2D eigenvalue weighted by Gasteiger charge is 2.40. The average Bonchev–Trinajstić information content (AvgIpc) is 3.62. The maximum atomic E-state index is 15.8. The van der Waals surface area contributed by atoms with Crippen molar-refractivity contribution in [2.75, 3.05) is 18.1 Å². The zero-order chi connectivity index (χ0) is 35.2. The first-order chi connectivity index (χ1) is 23.2. The number of carbonyl (C=O) groups is 3. The van der Waals surface area contributed by atoms with Gasteiger partial charge in [-0.1, -0.05) is 18.2 Å². The first kappa shape index (κ1) is 33.5. The van der Waals surface area contributed by atoms with Crippen LogP contribution in [0.3, 0.4) is 0 Å². The van der Waals surface area contributed by atoms with E-state index < -0.39 is 51.7 Å². The van der Waals surface area contributed by atoms with Gasteiger partial charge in [-0.25, -0.2) is 23.1 Å². The Balaban J connectivity index is 1.26. The third kappa shape index (κ3) is 6.68. The number of alkyl halides is 1. The summed E-state index contributed by atoms with van der Waals surface area (Å²) in [6.07, 6.45) is 2.80. The molecule has 0 bridgehead atoms. The monoisotopic (exact) mass is 688 g/mol. The van der Waals surface area contributed by atoms with Gasteiger partial charge in [-0.2, -0.15) is 5.10 Å². The summed E-state index contributed by atoms with van der Waals surface area (Å²) < 4.78 is 58.9. The SMILES string of the molecule is C=S(C)(=O)c1ccc(F)cc1-c1cccc(NC(=O)[C@@H]2C[C@@H](F)CN2C(=O)Cn2nc(C(C)=O)c3cc(-c4cnc(C)nc4)ccc32)c1F. The molecule has 0 spiro atoms. The quantitative estimate of drug-likeness (QED) is 0.175. The van der Waals surface area contributed by atoms with Crippen molar-refractivity contribution >= 4 is 49.6 Å². The third-order valence-corrected chi connectivity index (χ3v) is 9.60. The number of ketones is 1. The standard InChI is InChI=1S/C35H31F3N6O4S/c1-19(45)34-27-12-21(22-15-39-20(2)40-16-22)8-10-29(27)44(42-34)18-32(46)43-17-24(37)14-30(43)35(47)41-28-7-5-6-25(33(28)38)26-13-23(36)9-11-31(26)49(3,4)48/h5-13,15-16,24,30H,3,14,17-18H2,1-2,4H3,(H,41,47)/t24-,30+,49?/m1/s1. The Morgan fingerprint density at radius 1 is 1.02 bits per heavy atom. The van der Waals surface area contributed by atoms with Crippen LogP contribution in [0.5, 0.6) is 0 Å². The minimum Gasteiger partial charge on any atom is -0.326 e. The Morgan fingerprint density at radius 2 is 1.76 bits per heavy atom. The number of Topliss-reactive ketones (excluding diaryl/α,β-unsaturated/α-hetero) is 1. The highest BCUT2D eigenvalue weighted by atomic mass is 32.2. The van der Waals surface area contributed by atoms with E-state index in [1.807, 2.05) is 0 Å². The molecule has 0 radical (unpaired) electrons. The number of benzene rings is 3. The molecule has 49 heavy (non-hydrogen) atoms. The van der Waals surface area contributed by atoms with Crippen LogP contribution in [0, 0.1) is 18.6 Å². The maximum absolute atomic E-state index is 15.8. The van der Waals surface area contributed by atoms with E-state index in [1.54, 1.807) is 37.5 Å². The van der Waals surface area contributed by atoms with Crippen LogP contribution in [-0.4, -0.2) is 77.3 Å². The number of likely N-dealkylation sites (tertiary alicyclic amines) is 1. The van der Waals surface area contributed by atoms with Crippen LogP contribution in [0.4, 0.5) is 18.9 Å². The zero-order valence-electron chi connectivity index (χ0n) is 26.7. The van der Waals surface area contributed by atoms with E-state index in [0.717, 1.165) is 28.2 Å². The fourth-order valence-electron chi connectivity index (χ4n) is 5.95. The van der Waals surface area contributed by atoms with E-state index in [0.29, 0.717) is 16.7 Å². The lowest BCUT2D eigenvalue weighted by atomic mass is 10.0. The van der Waals surface area contributed by atoms with Gasteiger partial charge < -0.3 is 10.2 Å². The molecule has 3 aromatic carbocycles. The number of nitrogens with one attached hydrogen (secondary N) is 1. The van der Waals surface area contributed by atoms with Crippen molar-refractivity contribution in [1.82, 2.24) is 24.6 Å². The molecule has 6 rings (SSSR count). The molecule has 2 aromatic heterocycles.